The van der Waals surface area contributed by atoms with Crippen LogP contribution in [-0.4, -0.2) is 0 Å². The van der Waals surface area contributed by atoms with Crippen LogP contribution in [0.15, 0.2) is 66.7 Å². The van der Waals surface area contributed by atoms with Gasteiger partial charge in [0.1, 0.15) is 12.4 Å². The fourth-order valence-corrected chi connectivity index (χ4v) is 2.85. The van der Waals surface area contributed by atoms with Crippen molar-refractivity contribution in [3.63, 3.8) is 0 Å². The second-order valence-electron chi connectivity index (χ2n) is 6.15. The molecule has 0 radical (unpaired) electrons. The fraction of sp³-hybridized carbons (Fsp3) is 0.0870. The number of aryl methyl sites for hydroxylation is 1. The van der Waals surface area contributed by atoms with E-state index < -0.39 is 0 Å². The Morgan fingerprint density at radius 3 is 2.48 bits per heavy atom. The molecule has 0 aliphatic rings. The Labute approximate surface area is 169 Å². The second kappa shape index (κ2) is 8.77. The van der Waals surface area contributed by atoms with Crippen LogP contribution in [-0.2, 0) is 6.61 Å². The summed E-state index contributed by atoms with van der Waals surface area (Å²) in [7, 11) is 0. The molecule has 0 bridgehead atoms. The molecule has 0 saturated carbocycles. The number of halogens is 2. The second-order valence-corrected chi connectivity index (χ2v) is 6.96. The molecule has 3 aromatic rings. The smallest absolute Gasteiger partial charge is 0.120 e. The molecule has 0 aromatic heterocycles. The van der Waals surface area contributed by atoms with Crippen LogP contribution in [0.3, 0.4) is 0 Å². The van der Waals surface area contributed by atoms with Crippen molar-refractivity contribution in [3.05, 3.63) is 99.0 Å². The largest absolute Gasteiger partial charge is 0.489 e. The highest BCUT2D eigenvalue weighted by molar-refractivity contribution is 6.42. The van der Waals surface area contributed by atoms with E-state index in [-0.39, 0.29) is 0 Å². The average molecular weight is 394 g/mol. The van der Waals surface area contributed by atoms with Crippen LogP contribution in [0, 0.1) is 18.3 Å². The molecule has 0 amide bonds. The monoisotopic (exact) mass is 393 g/mol. The summed E-state index contributed by atoms with van der Waals surface area (Å²) in [4.78, 5) is 0. The van der Waals surface area contributed by atoms with Gasteiger partial charge in [-0.15, -0.1) is 0 Å². The zero-order chi connectivity index (χ0) is 19.2. The number of hydrogen-bond donors (Lipinski definition) is 0. The van der Waals surface area contributed by atoms with Gasteiger partial charge < -0.3 is 4.74 Å². The summed E-state index contributed by atoms with van der Waals surface area (Å²) in [5, 5.41) is 10.4. The third-order valence-corrected chi connectivity index (χ3v) is 4.79. The lowest BCUT2D eigenvalue weighted by Crippen LogP contribution is -1.95. The molecule has 4 heteroatoms. The summed E-state index contributed by atoms with van der Waals surface area (Å²) in [6.45, 7) is 2.55. The first-order valence-electron chi connectivity index (χ1n) is 8.41. The van der Waals surface area contributed by atoms with E-state index in [9.17, 15) is 5.26 Å². The Bertz CT molecular complexity index is 1020. The van der Waals surface area contributed by atoms with Crippen molar-refractivity contribution in [3.8, 4) is 11.8 Å². The lowest BCUT2D eigenvalue weighted by atomic mass is 10.0. The highest BCUT2D eigenvalue weighted by Crippen LogP contribution is 2.27. The highest BCUT2D eigenvalue weighted by Gasteiger charge is 2.05. The van der Waals surface area contributed by atoms with Crippen LogP contribution in [0.4, 0.5) is 0 Å². The number of hydrogen-bond acceptors (Lipinski definition) is 2. The lowest BCUT2D eigenvalue weighted by Gasteiger charge is -2.08. The van der Waals surface area contributed by atoms with Gasteiger partial charge in [0.05, 0.1) is 21.7 Å². The molecule has 0 fully saturated rings. The maximum Gasteiger partial charge on any atom is 0.120 e. The van der Waals surface area contributed by atoms with Gasteiger partial charge in [0.15, 0.2) is 0 Å². The van der Waals surface area contributed by atoms with Crippen LogP contribution in [0.25, 0.3) is 11.6 Å². The minimum Gasteiger partial charge on any atom is -0.489 e. The summed E-state index contributed by atoms with van der Waals surface area (Å²) in [6, 6.07) is 23.2. The minimum absolute atomic E-state index is 0.422. The van der Waals surface area contributed by atoms with Crippen molar-refractivity contribution in [2.24, 2.45) is 0 Å². The Morgan fingerprint density at radius 2 is 1.78 bits per heavy atom. The molecule has 3 rings (SSSR count). The number of nitriles is 1. The van der Waals surface area contributed by atoms with Gasteiger partial charge >= 0.3 is 0 Å². The number of nitrogens with zero attached hydrogens (tertiary/aromatic N) is 1. The van der Waals surface area contributed by atoms with Gasteiger partial charge in [-0.05, 0) is 54.0 Å². The van der Waals surface area contributed by atoms with Gasteiger partial charge in [-0.2, -0.15) is 5.26 Å². The van der Waals surface area contributed by atoms with Crippen molar-refractivity contribution in [1.82, 2.24) is 0 Å². The molecule has 0 atom stereocenters. The van der Waals surface area contributed by atoms with Gasteiger partial charge in [-0.3, -0.25) is 0 Å². The molecule has 0 unspecified atom stereocenters. The third-order valence-electron chi connectivity index (χ3n) is 4.05. The summed E-state index contributed by atoms with van der Waals surface area (Å²) in [5.41, 5.74) is 4.42. The summed E-state index contributed by atoms with van der Waals surface area (Å²) < 4.78 is 5.88. The van der Waals surface area contributed by atoms with Crippen molar-refractivity contribution in [2.75, 3.05) is 0 Å². The molecule has 27 heavy (non-hydrogen) atoms. The molecular formula is C23H17Cl2NO. The fourth-order valence-electron chi connectivity index (χ4n) is 2.56. The zero-order valence-electron chi connectivity index (χ0n) is 14.7. The van der Waals surface area contributed by atoms with Gasteiger partial charge in [0.2, 0.25) is 0 Å². The highest BCUT2D eigenvalue weighted by atomic mass is 35.5. The molecule has 0 aliphatic heterocycles. The summed E-state index contributed by atoms with van der Waals surface area (Å²) >= 11 is 12.0. The topological polar surface area (TPSA) is 33.0 Å². The van der Waals surface area contributed by atoms with Gasteiger partial charge in [0.25, 0.3) is 0 Å². The van der Waals surface area contributed by atoms with Crippen LogP contribution in [0.2, 0.25) is 10.0 Å². The van der Waals surface area contributed by atoms with Crippen molar-refractivity contribution < 1.29 is 4.74 Å². The molecule has 0 aliphatic carbocycles. The van der Waals surface area contributed by atoms with E-state index >= 15 is 0 Å². The van der Waals surface area contributed by atoms with E-state index in [1.54, 1.807) is 24.3 Å². The van der Waals surface area contributed by atoms with Gasteiger partial charge in [-0.25, -0.2) is 0 Å². The van der Waals surface area contributed by atoms with Crippen molar-refractivity contribution in [1.29, 1.82) is 5.26 Å². The van der Waals surface area contributed by atoms with Crippen LogP contribution in [0.1, 0.15) is 22.3 Å². The lowest BCUT2D eigenvalue weighted by molar-refractivity contribution is 0.306. The molecule has 0 heterocycles. The van der Waals surface area contributed by atoms with Crippen LogP contribution in [0.5, 0.6) is 5.75 Å². The quantitative estimate of drug-likeness (QED) is 0.347. The van der Waals surface area contributed by atoms with E-state index in [1.165, 1.54) is 5.56 Å². The summed E-state index contributed by atoms with van der Waals surface area (Å²) in [6.07, 6.45) is 1.80. The minimum atomic E-state index is 0.422. The first kappa shape index (κ1) is 19.0. The molecule has 0 N–H and O–H groups in total. The maximum absolute atomic E-state index is 9.52. The van der Waals surface area contributed by atoms with E-state index in [0.717, 1.165) is 22.4 Å². The number of benzene rings is 3. The van der Waals surface area contributed by atoms with Gasteiger partial charge in [0, 0.05) is 0 Å². The molecule has 3 aromatic carbocycles. The first-order chi connectivity index (χ1) is 13.0. The Balaban J connectivity index is 1.79. The zero-order valence-corrected chi connectivity index (χ0v) is 16.3. The Hall–Kier alpha value is -2.73. The van der Waals surface area contributed by atoms with Crippen LogP contribution >= 0.6 is 23.2 Å². The SMILES string of the molecule is Cc1ccc(COc2cccc(/C=C(/C#N)c3ccc(Cl)c(Cl)c3)c2)cc1. The molecule has 0 spiro atoms. The number of rotatable bonds is 5. The van der Waals surface area contributed by atoms with Crippen molar-refractivity contribution in [2.45, 2.75) is 13.5 Å². The summed E-state index contributed by atoms with van der Waals surface area (Å²) in [5.74, 6) is 0.746. The van der Waals surface area contributed by atoms with Crippen LogP contribution < -0.4 is 4.74 Å². The number of ether oxygens (including phenoxy) is 1. The number of allylic oxidation sites excluding steroid dienone is 1. The standard InChI is InChI=1S/C23H17Cl2NO/c1-16-5-7-17(8-6-16)15-27-21-4-2-3-18(12-21)11-20(14-26)19-9-10-22(24)23(25)13-19/h2-13H,15H2,1H3/b20-11-. The van der Waals surface area contributed by atoms with Gasteiger partial charge in [-0.1, -0.05) is 71.2 Å². The maximum atomic E-state index is 9.52. The van der Waals surface area contributed by atoms with Crippen molar-refractivity contribution >= 4 is 34.9 Å². The van der Waals surface area contributed by atoms with E-state index in [4.69, 9.17) is 27.9 Å². The molecule has 134 valence electrons. The van der Waals surface area contributed by atoms with E-state index in [0.29, 0.717) is 22.2 Å². The average Bonchev–Trinajstić information content (AvgIpc) is 2.68. The predicted octanol–water partition coefficient (Wildman–Crippen LogP) is 6.95. The Kier molecular flexibility index (Phi) is 6.19. The van der Waals surface area contributed by atoms with E-state index in [2.05, 4.69) is 37.3 Å². The molecule has 2 nitrogen and oxygen atoms in total. The first-order valence-corrected chi connectivity index (χ1v) is 9.16. The van der Waals surface area contributed by atoms with E-state index in [1.807, 2.05) is 24.3 Å². The predicted molar refractivity (Wildman–Crippen MR) is 112 cm³/mol. The normalized spacial score (nSPS) is 11.1. The molecule has 0 saturated heterocycles. The third kappa shape index (κ3) is 5.14. The molecular weight excluding hydrogens is 377 g/mol. The Morgan fingerprint density at radius 1 is 1.00 bits per heavy atom.